The molecule has 116 valence electrons. The van der Waals surface area contributed by atoms with E-state index in [1.165, 1.54) is 4.90 Å². The van der Waals surface area contributed by atoms with Gasteiger partial charge < -0.3 is 10.2 Å². The normalized spacial score (nSPS) is 19.4. The molecule has 0 saturated carbocycles. The van der Waals surface area contributed by atoms with E-state index >= 15 is 0 Å². The molecule has 1 heterocycles. The van der Waals surface area contributed by atoms with Gasteiger partial charge in [0, 0.05) is 23.0 Å². The minimum absolute atomic E-state index is 0.174. The molecule has 0 radical (unpaired) electrons. The Balaban J connectivity index is 1.59. The van der Waals surface area contributed by atoms with Crippen LogP contribution in [-0.4, -0.2) is 43.2 Å². The molecule has 0 bridgehead atoms. The van der Waals surface area contributed by atoms with Crippen LogP contribution in [0.4, 0.5) is 0 Å². The highest BCUT2D eigenvalue weighted by Gasteiger charge is 2.23. The number of nitrogens with zero attached hydrogens (tertiary/aromatic N) is 1. The molecule has 0 unspecified atom stereocenters. The summed E-state index contributed by atoms with van der Waals surface area (Å²) >= 11 is 7.65. The molecule has 3 nitrogen and oxygen atoms in total. The van der Waals surface area contributed by atoms with E-state index in [9.17, 15) is 4.79 Å². The lowest BCUT2D eigenvalue weighted by Crippen LogP contribution is -2.41. The molecule has 2 rings (SSSR count). The number of benzene rings is 1. The van der Waals surface area contributed by atoms with Crippen LogP contribution in [0.2, 0.25) is 5.02 Å². The highest BCUT2D eigenvalue weighted by Crippen LogP contribution is 2.20. The molecule has 1 aromatic rings. The smallest absolute Gasteiger partial charge is 0.224 e. The highest BCUT2D eigenvalue weighted by atomic mass is 35.5. The molecule has 0 aliphatic carbocycles. The zero-order valence-electron chi connectivity index (χ0n) is 12.5. The van der Waals surface area contributed by atoms with E-state index < -0.39 is 0 Å². The molecular formula is C16H23ClN2OS. The molecule has 1 aliphatic rings. The van der Waals surface area contributed by atoms with Gasteiger partial charge in [-0.1, -0.05) is 11.6 Å². The van der Waals surface area contributed by atoms with Gasteiger partial charge in [0.1, 0.15) is 0 Å². The van der Waals surface area contributed by atoms with Crippen molar-refractivity contribution in [3.63, 3.8) is 0 Å². The van der Waals surface area contributed by atoms with E-state index in [-0.39, 0.29) is 11.8 Å². The number of rotatable bonds is 6. The predicted molar refractivity (Wildman–Crippen MR) is 90.0 cm³/mol. The van der Waals surface area contributed by atoms with Crippen LogP contribution >= 0.6 is 23.4 Å². The van der Waals surface area contributed by atoms with E-state index in [4.69, 9.17) is 11.6 Å². The molecule has 1 aliphatic heterocycles. The van der Waals surface area contributed by atoms with E-state index in [0.717, 1.165) is 49.7 Å². The maximum atomic E-state index is 12.1. The first-order valence-corrected chi connectivity index (χ1v) is 8.86. The van der Waals surface area contributed by atoms with Crippen LogP contribution in [-0.2, 0) is 4.79 Å². The first-order valence-electron chi connectivity index (χ1n) is 7.50. The van der Waals surface area contributed by atoms with Gasteiger partial charge in [-0.05, 0) is 62.9 Å². The fraction of sp³-hybridized carbons (Fsp3) is 0.562. The molecule has 0 spiro atoms. The Morgan fingerprint density at radius 3 is 2.90 bits per heavy atom. The average molecular weight is 327 g/mol. The van der Waals surface area contributed by atoms with Crippen molar-refractivity contribution >= 4 is 29.3 Å². The summed E-state index contributed by atoms with van der Waals surface area (Å²) in [7, 11) is 2.09. The molecule has 5 heteroatoms. The Kier molecular flexibility index (Phi) is 6.87. The maximum Gasteiger partial charge on any atom is 0.224 e. The van der Waals surface area contributed by atoms with Crippen LogP contribution in [0.15, 0.2) is 29.2 Å². The topological polar surface area (TPSA) is 32.3 Å². The molecule has 1 saturated heterocycles. The van der Waals surface area contributed by atoms with E-state index in [1.54, 1.807) is 11.8 Å². The number of nitrogens with one attached hydrogen (secondary N) is 1. The van der Waals surface area contributed by atoms with Crippen molar-refractivity contribution in [2.45, 2.75) is 24.2 Å². The standard InChI is InChI=1S/C16H23ClN2OS/c1-19-10-2-4-13(12-19)16(20)18-9-3-11-21-15-7-5-14(17)6-8-15/h5-8,13H,2-4,9-12H2,1H3,(H,18,20)/t13-/m1/s1. The van der Waals surface area contributed by atoms with E-state index in [1.807, 2.05) is 24.3 Å². The van der Waals surface area contributed by atoms with Crippen molar-refractivity contribution in [3.05, 3.63) is 29.3 Å². The fourth-order valence-corrected chi connectivity index (χ4v) is 3.51. The van der Waals surface area contributed by atoms with Crippen molar-refractivity contribution in [2.75, 3.05) is 32.4 Å². The van der Waals surface area contributed by atoms with Gasteiger partial charge in [-0.3, -0.25) is 4.79 Å². The number of thioether (sulfide) groups is 1. The number of carbonyl (C=O) groups is 1. The third-order valence-corrected chi connectivity index (χ3v) is 5.05. The monoisotopic (exact) mass is 326 g/mol. The molecule has 0 aromatic heterocycles. The van der Waals surface area contributed by atoms with Crippen molar-refractivity contribution in [1.82, 2.24) is 10.2 Å². The number of carbonyl (C=O) groups excluding carboxylic acids is 1. The molecule has 1 atom stereocenters. The van der Waals surface area contributed by atoms with Gasteiger partial charge in [-0.15, -0.1) is 11.8 Å². The minimum atomic E-state index is 0.174. The Morgan fingerprint density at radius 2 is 2.19 bits per heavy atom. The zero-order valence-corrected chi connectivity index (χ0v) is 14.1. The van der Waals surface area contributed by atoms with Crippen LogP contribution in [0.5, 0.6) is 0 Å². The second-order valence-corrected chi connectivity index (χ2v) is 7.15. The summed E-state index contributed by atoms with van der Waals surface area (Å²) in [6, 6.07) is 7.88. The molecule has 1 fully saturated rings. The lowest BCUT2D eigenvalue weighted by molar-refractivity contribution is -0.126. The fourth-order valence-electron chi connectivity index (χ4n) is 2.53. The second-order valence-electron chi connectivity index (χ2n) is 5.55. The number of piperidine rings is 1. The second kappa shape index (κ2) is 8.66. The third-order valence-electron chi connectivity index (χ3n) is 3.70. The Morgan fingerprint density at radius 1 is 1.43 bits per heavy atom. The van der Waals surface area contributed by atoms with Gasteiger partial charge in [0.05, 0.1) is 5.92 Å². The van der Waals surface area contributed by atoms with Gasteiger partial charge in [0.25, 0.3) is 0 Å². The van der Waals surface area contributed by atoms with Crippen molar-refractivity contribution in [3.8, 4) is 0 Å². The SMILES string of the molecule is CN1CCC[C@@H](C(=O)NCCCSc2ccc(Cl)cc2)C1. The van der Waals surface area contributed by atoms with Gasteiger partial charge >= 0.3 is 0 Å². The molecule has 1 aromatic carbocycles. The largest absolute Gasteiger partial charge is 0.356 e. The Hall–Kier alpha value is -0.710. The first-order chi connectivity index (χ1) is 10.1. The molecule has 21 heavy (non-hydrogen) atoms. The number of likely N-dealkylation sites (tertiary alicyclic amines) is 1. The average Bonchev–Trinajstić information content (AvgIpc) is 2.48. The highest BCUT2D eigenvalue weighted by molar-refractivity contribution is 7.99. The van der Waals surface area contributed by atoms with Crippen molar-refractivity contribution in [2.24, 2.45) is 5.92 Å². The molecular weight excluding hydrogens is 304 g/mol. The number of hydrogen-bond donors (Lipinski definition) is 1. The van der Waals surface area contributed by atoms with Crippen LogP contribution in [0.1, 0.15) is 19.3 Å². The molecule has 1 N–H and O–H groups in total. The van der Waals surface area contributed by atoms with Crippen molar-refractivity contribution < 1.29 is 4.79 Å². The summed E-state index contributed by atoms with van der Waals surface area (Å²) < 4.78 is 0. The van der Waals surface area contributed by atoms with Crippen LogP contribution < -0.4 is 5.32 Å². The van der Waals surface area contributed by atoms with E-state index in [0.29, 0.717) is 0 Å². The van der Waals surface area contributed by atoms with Gasteiger partial charge in [-0.2, -0.15) is 0 Å². The first kappa shape index (κ1) is 16.7. The Bertz CT molecular complexity index is 452. The Labute approximate surface area is 136 Å². The van der Waals surface area contributed by atoms with Gasteiger partial charge in [-0.25, -0.2) is 0 Å². The quantitative estimate of drug-likeness (QED) is 0.643. The van der Waals surface area contributed by atoms with Crippen LogP contribution in [0.3, 0.4) is 0 Å². The minimum Gasteiger partial charge on any atom is -0.356 e. The van der Waals surface area contributed by atoms with E-state index in [2.05, 4.69) is 17.3 Å². The maximum absolute atomic E-state index is 12.1. The summed E-state index contributed by atoms with van der Waals surface area (Å²) in [6.45, 7) is 2.77. The summed E-state index contributed by atoms with van der Waals surface area (Å²) in [5.74, 6) is 1.40. The number of amides is 1. The van der Waals surface area contributed by atoms with Crippen LogP contribution in [0.25, 0.3) is 0 Å². The predicted octanol–water partition coefficient (Wildman–Crippen LogP) is 3.28. The van der Waals surface area contributed by atoms with Gasteiger partial charge in [0.2, 0.25) is 5.91 Å². The van der Waals surface area contributed by atoms with Crippen molar-refractivity contribution in [1.29, 1.82) is 0 Å². The summed E-state index contributed by atoms with van der Waals surface area (Å²) in [5.41, 5.74) is 0. The summed E-state index contributed by atoms with van der Waals surface area (Å²) in [5, 5.41) is 3.84. The van der Waals surface area contributed by atoms with Gasteiger partial charge in [0.15, 0.2) is 0 Å². The summed E-state index contributed by atoms with van der Waals surface area (Å²) in [4.78, 5) is 15.5. The summed E-state index contributed by atoms with van der Waals surface area (Å²) in [6.07, 6.45) is 3.14. The number of halogens is 1. The van der Waals surface area contributed by atoms with Crippen LogP contribution in [0, 0.1) is 5.92 Å². The lowest BCUT2D eigenvalue weighted by atomic mass is 9.98. The third kappa shape index (κ3) is 5.89. The zero-order chi connectivity index (χ0) is 15.1. The molecule has 1 amide bonds. The lowest BCUT2D eigenvalue weighted by Gasteiger charge is -2.28. The number of hydrogen-bond acceptors (Lipinski definition) is 3.